The molecule has 1 aromatic carbocycles. The minimum atomic E-state index is -1.01. The maximum atomic E-state index is 13.8. The molecule has 1 aliphatic carbocycles. The maximum Gasteiger partial charge on any atom is 0.273 e. The van der Waals surface area contributed by atoms with E-state index in [2.05, 4.69) is 36.5 Å². The third-order valence-electron chi connectivity index (χ3n) is 7.76. The number of fused-ring (bicyclic) bond motifs is 1. The first-order valence-corrected chi connectivity index (χ1v) is 13.8. The number of aromatic nitrogens is 2. The summed E-state index contributed by atoms with van der Waals surface area (Å²) >= 11 is 0. The lowest BCUT2D eigenvalue weighted by molar-refractivity contribution is -0.134. The molecule has 1 aliphatic heterocycles. The third kappa shape index (κ3) is 5.83. The van der Waals surface area contributed by atoms with Gasteiger partial charge in [-0.3, -0.25) is 14.3 Å². The lowest BCUT2D eigenvalue weighted by atomic mass is 9.92. The molecule has 1 fully saturated rings. The predicted molar refractivity (Wildman–Crippen MR) is 142 cm³/mol. The van der Waals surface area contributed by atoms with Crippen LogP contribution in [0.3, 0.4) is 0 Å². The Kier molecular flexibility index (Phi) is 8.83. The lowest BCUT2D eigenvalue weighted by Gasteiger charge is -2.44. The zero-order chi connectivity index (χ0) is 25.5. The highest BCUT2D eigenvalue weighted by molar-refractivity contribution is 6.00. The van der Waals surface area contributed by atoms with Crippen LogP contribution in [0.25, 0.3) is 11.3 Å². The van der Waals surface area contributed by atoms with Gasteiger partial charge in [0.1, 0.15) is 11.2 Å². The predicted octanol–water partition coefficient (Wildman–Crippen LogP) is 4.98. The van der Waals surface area contributed by atoms with Gasteiger partial charge in [0, 0.05) is 31.4 Å². The Bertz CT molecular complexity index is 1020. The van der Waals surface area contributed by atoms with Crippen LogP contribution < -0.4 is 5.32 Å². The molecule has 0 radical (unpaired) electrons. The van der Waals surface area contributed by atoms with E-state index in [0.29, 0.717) is 38.4 Å². The van der Waals surface area contributed by atoms with E-state index < -0.39 is 5.54 Å². The summed E-state index contributed by atoms with van der Waals surface area (Å²) in [7, 11) is 0. The summed E-state index contributed by atoms with van der Waals surface area (Å²) in [6.45, 7) is 8.00. The van der Waals surface area contributed by atoms with Gasteiger partial charge in [0.05, 0.1) is 12.2 Å². The molecule has 2 heterocycles. The number of amides is 2. The molecule has 2 aromatic rings. The van der Waals surface area contributed by atoms with Crippen LogP contribution in [0.2, 0.25) is 0 Å². The van der Waals surface area contributed by atoms with Gasteiger partial charge in [-0.2, -0.15) is 5.10 Å². The van der Waals surface area contributed by atoms with Crippen molar-refractivity contribution in [1.82, 2.24) is 20.0 Å². The van der Waals surface area contributed by atoms with E-state index in [1.807, 2.05) is 19.9 Å². The van der Waals surface area contributed by atoms with Crippen molar-refractivity contribution in [2.75, 3.05) is 19.8 Å². The topological polar surface area (TPSA) is 76.5 Å². The molecule has 0 spiro atoms. The van der Waals surface area contributed by atoms with Crippen molar-refractivity contribution in [3.63, 3.8) is 0 Å². The summed E-state index contributed by atoms with van der Waals surface area (Å²) in [5, 5.41) is 8.11. The highest BCUT2D eigenvalue weighted by atomic mass is 16.5. The van der Waals surface area contributed by atoms with E-state index in [4.69, 9.17) is 9.84 Å². The lowest BCUT2D eigenvalue weighted by Crippen LogP contribution is -2.65. The monoisotopic (exact) mass is 494 g/mol. The summed E-state index contributed by atoms with van der Waals surface area (Å²) < 4.78 is 7.27. The standard InChI is InChI=1S/C29H42N4O3/c1-4-22-14-16-23(17-15-22)25-20-26-27(34)32(18-11-19-36-5-2)29(3,21-33(26)31-25)28(35)30-24-12-9-7-6-8-10-13-24/h14-17,20,24H,4-13,18-19,21H2,1-3H3,(H,30,35). The van der Waals surface area contributed by atoms with Crippen LogP contribution >= 0.6 is 0 Å². The zero-order valence-corrected chi connectivity index (χ0v) is 22.2. The highest BCUT2D eigenvalue weighted by Crippen LogP contribution is 2.31. The third-order valence-corrected chi connectivity index (χ3v) is 7.76. The van der Waals surface area contributed by atoms with Gasteiger partial charge in [0.25, 0.3) is 5.91 Å². The molecule has 2 aliphatic rings. The molecule has 1 saturated carbocycles. The summed E-state index contributed by atoms with van der Waals surface area (Å²) in [5.74, 6) is -0.218. The first kappa shape index (κ1) is 26.4. The van der Waals surface area contributed by atoms with Gasteiger partial charge >= 0.3 is 0 Å². The van der Waals surface area contributed by atoms with Gasteiger partial charge in [-0.25, -0.2) is 0 Å². The van der Waals surface area contributed by atoms with Crippen molar-refractivity contribution in [3.05, 3.63) is 41.6 Å². The molecule has 1 atom stereocenters. The number of ether oxygens (including phenoxy) is 1. The second-order valence-electron chi connectivity index (χ2n) is 10.4. The molecule has 1 aromatic heterocycles. The Morgan fingerprint density at radius 1 is 1.11 bits per heavy atom. The molecule has 0 bridgehead atoms. The van der Waals surface area contributed by atoms with E-state index in [9.17, 15) is 9.59 Å². The molecule has 196 valence electrons. The summed E-state index contributed by atoms with van der Waals surface area (Å²) in [6.07, 6.45) is 9.69. The molecule has 1 N–H and O–H groups in total. The van der Waals surface area contributed by atoms with Crippen molar-refractivity contribution < 1.29 is 14.3 Å². The summed E-state index contributed by atoms with van der Waals surface area (Å²) in [5.41, 5.74) is 2.54. The molecule has 0 saturated heterocycles. The minimum absolute atomic E-state index is 0.0761. The molecule has 4 rings (SSSR count). The van der Waals surface area contributed by atoms with Crippen LogP contribution in [0.15, 0.2) is 30.3 Å². The summed E-state index contributed by atoms with van der Waals surface area (Å²) in [6, 6.07) is 10.3. The number of carbonyl (C=O) groups excluding carboxylic acids is 2. The molecule has 7 heteroatoms. The van der Waals surface area contributed by atoms with Crippen molar-refractivity contribution in [2.45, 2.75) is 96.7 Å². The van der Waals surface area contributed by atoms with Crippen LogP contribution in [0, 0.1) is 0 Å². The average Bonchev–Trinajstić information content (AvgIpc) is 3.29. The Morgan fingerprint density at radius 3 is 2.47 bits per heavy atom. The number of aryl methyl sites for hydroxylation is 1. The van der Waals surface area contributed by atoms with Crippen LogP contribution in [0.5, 0.6) is 0 Å². The van der Waals surface area contributed by atoms with Gasteiger partial charge < -0.3 is 15.0 Å². The number of carbonyl (C=O) groups is 2. The van der Waals surface area contributed by atoms with E-state index in [1.165, 1.54) is 24.8 Å². The fraction of sp³-hybridized carbons (Fsp3) is 0.621. The molecule has 36 heavy (non-hydrogen) atoms. The molecule has 7 nitrogen and oxygen atoms in total. The first-order valence-electron chi connectivity index (χ1n) is 13.8. The van der Waals surface area contributed by atoms with Crippen LogP contribution in [-0.2, 0) is 22.5 Å². The van der Waals surface area contributed by atoms with Gasteiger partial charge in [-0.15, -0.1) is 0 Å². The van der Waals surface area contributed by atoms with E-state index >= 15 is 0 Å². The van der Waals surface area contributed by atoms with Gasteiger partial charge in [-0.05, 0) is 51.2 Å². The van der Waals surface area contributed by atoms with Crippen molar-refractivity contribution >= 4 is 11.8 Å². The number of hydrogen-bond donors (Lipinski definition) is 1. The average molecular weight is 495 g/mol. The van der Waals surface area contributed by atoms with Crippen molar-refractivity contribution in [2.24, 2.45) is 0 Å². The van der Waals surface area contributed by atoms with Crippen molar-refractivity contribution in [3.8, 4) is 11.3 Å². The largest absolute Gasteiger partial charge is 0.382 e. The number of benzene rings is 1. The summed E-state index contributed by atoms with van der Waals surface area (Å²) in [4.78, 5) is 29.3. The van der Waals surface area contributed by atoms with E-state index in [1.54, 1.807) is 9.58 Å². The van der Waals surface area contributed by atoms with Crippen molar-refractivity contribution in [1.29, 1.82) is 0 Å². The number of nitrogens with one attached hydrogen (secondary N) is 1. The SMILES string of the molecule is CCOCCCN1C(=O)c2cc(-c3ccc(CC)cc3)nn2CC1(C)C(=O)NC1CCCCCCC1. The zero-order valence-electron chi connectivity index (χ0n) is 22.2. The molecular formula is C29H42N4O3. The number of rotatable bonds is 9. The minimum Gasteiger partial charge on any atom is -0.382 e. The second kappa shape index (κ2) is 12.0. The highest BCUT2D eigenvalue weighted by Gasteiger charge is 2.48. The number of hydrogen-bond acceptors (Lipinski definition) is 4. The van der Waals surface area contributed by atoms with E-state index in [0.717, 1.165) is 43.4 Å². The normalized spacial score (nSPS) is 21.1. The van der Waals surface area contributed by atoms with Crippen LogP contribution in [0.4, 0.5) is 0 Å². The molecular weight excluding hydrogens is 452 g/mol. The van der Waals surface area contributed by atoms with Gasteiger partial charge in [0.15, 0.2) is 0 Å². The quantitative estimate of drug-likeness (QED) is 0.499. The van der Waals surface area contributed by atoms with E-state index in [-0.39, 0.29) is 17.9 Å². The van der Waals surface area contributed by atoms with Crippen LogP contribution in [-0.4, -0.2) is 57.8 Å². The Labute approximate surface area is 215 Å². The van der Waals surface area contributed by atoms with Crippen LogP contribution in [0.1, 0.15) is 88.2 Å². The maximum absolute atomic E-state index is 13.8. The second-order valence-corrected chi connectivity index (χ2v) is 10.4. The van der Waals surface area contributed by atoms with Gasteiger partial charge in [-0.1, -0.05) is 63.3 Å². The fourth-order valence-corrected chi connectivity index (χ4v) is 5.45. The smallest absolute Gasteiger partial charge is 0.273 e. The molecule has 1 unspecified atom stereocenters. The Morgan fingerprint density at radius 2 is 1.81 bits per heavy atom. The Hall–Kier alpha value is -2.67. The first-order chi connectivity index (χ1) is 17.5. The molecule has 2 amide bonds. The van der Waals surface area contributed by atoms with Gasteiger partial charge in [0.2, 0.25) is 5.91 Å². The number of nitrogens with zero attached hydrogens (tertiary/aromatic N) is 3. The Balaban J connectivity index is 1.60. The fourth-order valence-electron chi connectivity index (χ4n) is 5.45.